The molecule has 2 heterocycles. The summed E-state index contributed by atoms with van der Waals surface area (Å²) >= 11 is 0. The fraction of sp³-hybridized carbons (Fsp3) is 0.316. The van der Waals surface area contributed by atoms with Gasteiger partial charge in [-0.1, -0.05) is 35.5 Å². The van der Waals surface area contributed by atoms with Gasteiger partial charge in [0.2, 0.25) is 0 Å². The highest BCUT2D eigenvalue weighted by Crippen LogP contribution is 2.20. The fourth-order valence-corrected chi connectivity index (χ4v) is 2.55. The Morgan fingerprint density at radius 3 is 2.29 bits per heavy atom. The molecule has 0 aliphatic rings. The van der Waals surface area contributed by atoms with E-state index in [2.05, 4.69) is 20.6 Å². The Kier molecular flexibility index (Phi) is 7.51. The van der Waals surface area contributed by atoms with Crippen LogP contribution in [0.4, 0.5) is 13.2 Å². The van der Waals surface area contributed by atoms with E-state index in [0.29, 0.717) is 24.5 Å². The number of halogens is 3. The summed E-state index contributed by atoms with van der Waals surface area (Å²) in [6.07, 6.45) is -3.29. The molecule has 166 valence electrons. The lowest BCUT2D eigenvalue weighted by Crippen LogP contribution is -2.29. The molecule has 0 unspecified atom stereocenters. The summed E-state index contributed by atoms with van der Waals surface area (Å²) in [7, 11) is 1.72. The molecule has 0 spiro atoms. The predicted molar refractivity (Wildman–Crippen MR) is 104 cm³/mol. The summed E-state index contributed by atoms with van der Waals surface area (Å²) in [4.78, 5) is 25.7. The molecule has 2 aromatic heterocycles. The first-order chi connectivity index (χ1) is 14.5. The molecule has 0 saturated carbocycles. The van der Waals surface area contributed by atoms with Gasteiger partial charge in [-0.05, 0) is 13.8 Å². The second-order valence-corrected chi connectivity index (χ2v) is 6.44. The van der Waals surface area contributed by atoms with Gasteiger partial charge in [0.15, 0.2) is 5.69 Å². The SMILES string of the molecule is Cc1ncn(CCNC(=O)c2c(-c3ccccc3)nnn2C)c1C.O=C(O)C(F)(F)F. The second-order valence-electron chi connectivity index (χ2n) is 6.44. The standard InChI is InChI=1S/C17H20N6O.C2HF3O2/c1-12-13(2)23(11-19-12)10-9-18-17(24)16-15(20-21-22(16)3)14-7-5-4-6-8-14;3-2(4,5)1(6)7/h4-8,11H,9-10H2,1-3H3,(H,18,24);(H,6,7). The Labute approximate surface area is 175 Å². The molecule has 12 heteroatoms. The second kappa shape index (κ2) is 9.87. The van der Waals surface area contributed by atoms with Gasteiger partial charge in [-0.3, -0.25) is 4.79 Å². The number of rotatable bonds is 5. The lowest BCUT2D eigenvalue weighted by molar-refractivity contribution is -0.192. The van der Waals surface area contributed by atoms with Gasteiger partial charge < -0.3 is 15.0 Å². The van der Waals surface area contributed by atoms with Crippen molar-refractivity contribution in [3.8, 4) is 11.3 Å². The summed E-state index contributed by atoms with van der Waals surface area (Å²) in [5.41, 5.74) is 4.03. The Hall–Kier alpha value is -3.70. The molecule has 2 N–H and O–H groups in total. The maximum Gasteiger partial charge on any atom is 0.490 e. The summed E-state index contributed by atoms with van der Waals surface area (Å²) in [6.45, 7) is 5.17. The number of imidazole rings is 1. The summed E-state index contributed by atoms with van der Waals surface area (Å²) in [6, 6.07) is 9.58. The summed E-state index contributed by atoms with van der Waals surface area (Å²) < 4.78 is 35.3. The molecule has 0 aliphatic carbocycles. The van der Waals surface area contributed by atoms with Crippen molar-refractivity contribution in [2.45, 2.75) is 26.6 Å². The number of aryl methyl sites for hydroxylation is 2. The molecule has 3 rings (SSSR count). The number of alkyl halides is 3. The highest BCUT2D eigenvalue weighted by Gasteiger charge is 2.38. The van der Waals surface area contributed by atoms with E-state index in [1.54, 1.807) is 13.4 Å². The minimum atomic E-state index is -5.08. The first-order valence-electron chi connectivity index (χ1n) is 9.04. The molecule has 0 aliphatic heterocycles. The van der Waals surface area contributed by atoms with Gasteiger partial charge in [0.1, 0.15) is 5.69 Å². The number of carbonyl (C=O) groups is 2. The van der Waals surface area contributed by atoms with E-state index in [9.17, 15) is 18.0 Å². The minimum absolute atomic E-state index is 0.184. The first-order valence-corrected chi connectivity index (χ1v) is 9.04. The zero-order valence-electron chi connectivity index (χ0n) is 17.0. The number of amides is 1. The largest absolute Gasteiger partial charge is 0.490 e. The minimum Gasteiger partial charge on any atom is -0.475 e. The van der Waals surface area contributed by atoms with Crippen LogP contribution in [0.1, 0.15) is 21.9 Å². The van der Waals surface area contributed by atoms with Crippen molar-refractivity contribution in [3.05, 3.63) is 53.7 Å². The fourth-order valence-electron chi connectivity index (χ4n) is 2.55. The third-order valence-electron chi connectivity index (χ3n) is 4.32. The van der Waals surface area contributed by atoms with Crippen molar-refractivity contribution in [3.63, 3.8) is 0 Å². The zero-order valence-corrected chi connectivity index (χ0v) is 17.0. The van der Waals surface area contributed by atoms with Crippen molar-refractivity contribution in [2.75, 3.05) is 6.54 Å². The lowest BCUT2D eigenvalue weighted by Gasteiger charge is -2.09. The molecule has 0 atom stereocenters. The third-order valence-corrected chi connectivity index (χ3v) is 4.32. The predicted octanol–water partition coefficient (Wildman–Crippen LogP) is 2.36. The molecule has 9 nitrogen and oxygen atoms in total. The Morgan fingerprint density at radius 1 is 1.16 bits per heavy atom. The number of benzene rings is 1. The van der Waals surface area contributed by atoms with Crippen LogP contribution in [0.25, 0.3) is 11.3 Å². The van der Waals surface area contributed by atoms with Crippen molar-refractivity contribution < 1.29 is 27.9 Å². The number of nitrogens with one attached hydrogen (secondary N) is 1. The van der Waals surface area contributed by atoms with Crippen LogP contribution in [0.2, 0.25) is 0 Å². The maximum absolute atomic E-state index is 12.6. The number of hydrogen-bond donors (Lipinski definition) is 2. The van der Waals surface area contributed by atoms with Crippen LogP contribution in [-0.4, -0.2) is 54.2 Å². The van der Waals surface area contributed by atoms with Crippen LogP contribution in [0.3, 0.4) is 0 Å². The summed E-state index contributed by atoms with van der Waals surface area (Å²) in [5.74, 6) is -2.94. The van der Waals surface area contributed by atoms with E-state index >= 15 is 0 Å². The van der Waals surface area contributed by atoms with Crippen LogP contribution in [0.5, 0.6) is 0 Å². The van der Waals surface area contributed by atoms with Gasteiger partial charge in [0.25, 0.3) is 5.91 Å². The number of aliphatic carboxylic acids is 1. The van der Waals surface area contributed by atoms with E-state index in [1.165, 1.54) is 4.68 Å². The molecule has 0 bridgehead atoms. The van der Waals surface area contributed by atoms with Gasteiger partial charge in [0, 0.05) is 31.4 Å². The number of nitrogens with zero attached hydrogens (tertiary/aromatic N) is 5. The summed E-state index contributed by atoms with van der Waals surface area (Å²) in [5, 5.41) is 18.2. The Morgan fingerprint density at radius 2 is 1.77 bits per heavy atom. The van der Waals surface area contributed by atoms with E-state index in [-0.39, 0.29) is 5.91 Å². The van der Waals surface area contributed by atoms with Crippen molar-refractivity contribution in [2.24, 2.45) is 7.05 Å². The maximum atomic E-state index is 12.6. The number of aromatic nitrogens is 5. The van der Waals surface area contributed by atoms with Gasteiger partial charge in [-0.25, -0.2) is 14.5 Å². The van der Waals surface area contributed by atoms with Crippen LogP contribution in [0.15, 0.2) is 36.7 Å². The van der Waals surface area contributed by atoms with Gasteiger partial charge in [-0.2, -0.15) is 13.2 Å². The number of hydrogen-bond acceptors (Lipinski definition) is 5. The van der Waals surface area contributed by atoms with E-state index in [4.69, 9.17) is 9.90 Å². The number of carboxylic acid groups (broad SMARTS) is 1. The normalized spacial score (nSPS) is 10.9. The van der Waals surface area contributed by atoms with Crippen LogP contribution >= 0.6 is 0 Å². The molecule has 3 aromatic rings. The molecular formula is C19H21F3N6O3. The topological polar surface area (TPSA) is 115 Å². The first kappa shape index (κ1) is 23.6. The quantitative estimate of drug-likeness (QED) is 0.632. The van der Waals surface area contributed by atoms with Crippen LogP contribution in [-0.2, 0) is 18.4 Å². The molecule has 0 radical (unpaired) electrons. The van der Waals surface area contributed by atoms with Gasteiger partial charge in [0.05, 0.1) is 12.0 Å². The molecule has 0 saturated heterocycles. The third kappa shape index (κ3) is 6.14. The van der Waals surface area contributed by atoms with Crippen LogP contribution in [0, 0.1) is 13.8 Å². The molecule has 0 fully saturated rings. The van der Waals surface area contributed by atoms with Crippen molar-refractivity contribution >= 4 is 11.9 Å². The lowest BCUT2D eigenvalue weighted by atomic mass is 10.1. The van der Waals surface area contributed by atoms with Crippen LogP contribution < -0.4 is 5.32 Å². The Balaban J connectivity index is 0.000000423. The average Bonchev–Trinajstić information content (AvgIpc) is 3.25. The number of carboxylic acids is 1. The van der Waals surface area contributed by atoms with E-state index in [1.807, 2.05) is 48.7 Å². The number of carbonyl (C=O) groups excluding carboxylic acids is 1. The molecule has 1 aromatic carbocycles. The van der Waals surface area contributed by atoms with E-state index < -0.39 is 12.1 Å². The van der Waals surface area contributed by atoms with E-state index in [0.717, 1.165) is 17.0 Å². The molecular weight excluding hydrogens is 417 g/mol. The molecule has 31 heavy (non-hydrogen) atoms. The zero-order chi connectivity index (χ0) is 23.2. The highest BCUT2D eigenvalue weighted by atomic mass is 19.4. The monoisotopic (exact) mass is 438 g/mol. The smallest absolute Gasteiger partial charge is 0.475 e. The molecule has 1 amide bonds. The van der Waals surface area contributed by atoms with Crippen molar-refractivity contribution in [1.82, 2.24) is 29.9 Å². The Bertz CT molecular complexity index is 1040. The van der Waals surface area contributed by atoms with Crippen molar-refractivity contribution in [1.29, 1.82) is 0 Å². The van der Waals surface area contributed by atoms with Gasteiger partial charge in [-0.15, -0.1) is 5.10 Å². The average molecular weight is 438 g/mol. The van der Waals surface area contributed by atoms with Gasteiger partial charge >= 0.3 is 12.1 Å². The highest BCUT2D eigenvalue weighted by molar-refractivity contribution is 5.98.